The van der Waals surface area contributed by atoms with E-state index in [-0.39, 0.29) is 39.3 Å². The van der Waals surface area contributed by atoms with Crippen LogP contribution < -0.4 is 0 Å². The van der Waals surface area contributed by atoms with Gasteiger partial charge in [0, 0.05) is 0 Å². The molecule has 2 atom stereocenters. The number of esters is 4. The molecule has 0 saturated carbocycles. The summed E-state index contributed by atoms with van der Waals surface area (Å²) in [5.74, 6) is -2.30. The number of thioether (sulfide) groups is 1. The summed E-state index contributed by atoms with van der Waals surface area (Å²) < 4.78 is 21.0. The van der Waals surface area contributed by atoms with E-state index in [1.54, 1.807) is 0 Å². The van der Waals surface area contributed by atoms with Crippen LogP contribution in [0.25, 0.3) is 0 Å². The summed E-state index contributed by atoms with van der Waals surface area (Å²) >= 11 is 0.906. The molecule has 0 heterocycles. The van der Waals surface area contributed by atoms with Crippen LogP contribution in [0.15, 0.2) is 0 Å². The Labute approximate surface area is 202 Å². The van der Waals surface area contributed by atoms with Gasteiger partial charge in [0.25, 0.3) is 0 Å². The van der Waals surface area contributed by atoms with Gasteiger partial charge in [-0.05, 0) is 25.7 Å². The molecule has 0 aromatic carbocycles. The number of hydrogen-bond donors (Lipinski definition) is 0. The Balaban J connectivity index is 5.32. The van der Waals surface area contributed by atoms with Crippen molar-refractivity contribution in [2.45, 2.75) is 102 Å². The maximum Gasteiger partial charge on any atom is 0.319 e. The van der Waals surface area contributed by atoms with Gasteiger partial charge in [-0.15, -0.1) is 11.8 Å². The zero-order chi connectivity index (χ0) is 24.9. The second kappa shape index (κ2) is 20.8. The number of hydrogen-bond acceptors (Lipinski definition) is 9. The van der Waals surface area contributed by atoms with Crippen molar-refractivity contribution in [2.75, 3.05) is 26.4 Å². The fourth-order valence-electron chi connectivity index (χ4n) is 2.47. The molecular formula is C24H42O8S. The molecule has 0 fully saturated rings. The van der Waals surface area contributed by atoms with Gasteiger partial charge in [0.05, 0.1) is 39.3 Å². The van der Waals surface area contributed by atoms with Crippen LogP contribution in [0.1, 0.15) is 91.9 Å². The summed E-state index contributed by atoms with van der Waals surface area (Å²) in [6, 6.07) is 0. The Hall–Kier alpha value is -1.77. The Morgan fingerprint density at radius 1 is 0.545 bits per heavy atom. The van der Waals surface area contributed by atoms with Crippen LogP contribution in [0.3, 0.4) is 0 Å². The molecule has 0 spiro atoms. The van der Waals surface area contributed by atoms with Crippen molar-refractivity contribution in [3.8, 4) is 0 Å². The zero-order valence-electron chi connectivity index (χ0n) is 20.7. The average Bonchev–Trinajstić information content (AvgIpc) is 2.78. The van der Waals surface area contributed by atoms with E-state index in [9.17, 15) is 19.2 Å². The number of rotatable bonds is 20. The van der Waals surface area contributed by atoms with Gasteiger partial charge in [0.2, 0.25) is 0 Å². The second-order valence-electron chi connectivity index (χ2n) is 7.71. The Morgan fingerprint density at radius 2 is 0.848 bits per heavy atom. The molecule has 9 heteroatoms. The summed E-state index contributed by atoms with van der Waals surface area (Å²) in [6.07, 6.45) is 5.77. The minimum atomic E-state index is -0.983. The molecule has 0 amide bonds. The Morgan fingerprint density at radius 3 is 1.15 bits per heavy atom. The molecule has 0 unspecified atom stereocenters. The molecule has 0 N–H and O–H groups in total. The first-order valence-electron chi connectivity index (χ1n) is 12.2. The predicted octanol–water partition coefficient (Wildman–Crippen LogP) is 4.61. The highest BCUT2D eigenvalue weighted by molar-refractivity contribution is 8.01. The Kier molecular flexibility index (Phi) is 19.7. The number of unbranched alkanes of at least 4 members (excludes halogenated alkanes) is 4. The first kappa shape index (κ1) is 31.2. The maximum atomic E-state index is 12.7. The first-order valence-corrected chi connectivity index (χ1v) is 13.1. The summed E-state index contributed by atoms with van der Waals surface area (Å²) in [6.45, 7) is 8.88. The van der Waals surface area contributed by atoms with Crippen molar-refractivity contribution in [3.63, 3.8) is 0 Å². The molecule has 0 radical (unpaired) electrons. The molecule has 0 aromatic rings. The molecule has 192 valence electrons. The lowest BCUT2D eigenvalue weighted by Gasteiger charge is -2.21. The molecule has 0 aliphatic rings. The third-order valence-corrected chi connectivity index (χ3v) is 5.94. The lowest BCUT2D eigenvalue weighted by molar-refractivity contribution is -0.150. The zero-order valence-corrected chi connectivity index (χ0v) is 21.5. The van der Waals surface area contributed by atoms with Gasteiger partial charge in [-0.2, -0.15) is 0 Å². The van der Waals surface area contributed by atoms with E-state index >= 15 is 0 Å². The predicted molar refractivity (Wildman–Crippen MR) is 128 cm³/mol. The third kappa shape index (κ3) is 16.5. The first-order chi connectivity index (χ1) is 15.9. The molecule has 0 aliphatic carbocycles. The van der Waals surface area contributed by atoms with Crippen LogP contribution in [0.4, 0.5) is 0 Å². The average molecular weight is 491 g/mol. The summed E-state index contributed by atoms with van der Waals surface area (Å²) in [5, 5.41) is -1.97. The van der Waals surface area contributed by atoms with Crippen LogP contribution in [0.2, 0.25) is 0 Å². The molecule has 0 saturated heterocycles. The monoisotopic (exact) mass is 490 g/mol. The fraction of sp³-hybridized carbons (Fsp3) is 0.833. The highest BCUT2D eigenvalue weighted by Gasteiger charge is 2.34. The van der Waals surface area contributed by atoms with Gasteiger partial charge in [0.1, 0.15) is 10.5 Å². The standard InChI is InChI=1S/C24H42O8S/c1-5-9-13-29-21(25)17-19(23(27)31-15-11-7-3)33-20(24(28)32-16-12-8-4)18-22(26)30-14-10-6-2/h19-20H,5-18H2,1-4H3/t19-,20-/m1/s1. The highest BCUT2D eigenvalue weighted by Crippen LogP contribution is 2.27. The number of ether oxygens (including phenoxy) is 4. The Bertz CT molecular complexity index is 519. The largest absolute Gasteiger partial charge is 0.466 e. The molecule has 33 heavy (non-hydrogen) atoms. The summed E-state index contributed by atoms with van der Waals surface area (Å²) in [4.78, 5) is 49.9. The van der Waals surface area contributed by atoms with Gasteiger partial charge >= 0.3 is 23.9 Å². The van der Waals surface area contributed by atoms with Gasteiger partial charge in [-0.1, -0.05) is 53.4 Å². The molecule has 0 bridgehead atoms. The van der Waals surface area contributed by atoms with Crippen molar-refractivity contribution in [1.82, 2.24) is 0 Å². The van der Waals surface area contributed by atoms with E-state index < -0.39 is 34.4 Å². The van der Waals surface area contributed by atoms with Crippen molar-refractivity contribution in [3.05, 3.63) is 0 Å². The number of carbonyl (C=O) groups is 4. The minimum Gasteiger partial charge on any atom is -0.466 e. The van der Waals surface area contributed by atoms with Gasteiger partial charge in [0.15, 0.2) is 0 Å². The molecule has 0 rings (SSSR count). The van der Waals surface area contributed by atoms with E-state index in [4.69, 9.17) is 18.9 Å². The smallest absolute Gasteiger partial charge is 0.319 e. The lowest BCUT2D eigenvalue weighted by Crippen LogP contribution is -2.32. The van der Waals surface area contributed by atoms with E-state index in [0.717, 1.165) is 50.3 Å². The van der Waals surface area contributed by atoms with Crippen LogP contribution in [0.5, 0.6) is 0 Å². The van der Waals surface area contributed by atoms with Gasteiger partial charge in [-0.3, -0.25) is 19.2 Å². The lowest BCUT2D eigenvalue weighted by atomic mass is 10.3. The van der Waals surface area contributed by atoms with E-state index in [0.29, 0.717) is 12.8 Å². The van der Waals surface area contributed by atoms with E-state index in [1.165, 1.54) is 0 Å². The molecule has 0 aliphatic heterocycles. The molecule has 0 aromatic heterocycles. The van der Waals surface area contributed by atoms with Crippen LogP contribution in [-0.2, 0) is 38.1 Å². The number of carbonyl (C=O) groups excluding carboxylic acids is 4. The summed E-state index contributed by atoms with van der Waals surface area (Å²) in [7, 11) is 0. The minimum absolute atomic E-state index is 0.224. The van der Waals surface area contributed by atoms with Crippen molar-refractivity contribution in [1.29, 1.82) is 0 Å². The second-order valence-corrected chi connectivity index (χ2v) is 9.12. The fourth-order valence-corrected chi connectivity index (χ4v) is 3.69. The van der Waals surface area contributed by atoms with Crippen molar-refractivity contribution in [2.24, 2.45) is 0 Å². The van der Waals surface area contributed by atoms with E-state index in [2.05, 4.69) is 0 Å². The van der Waals surface area contributed by atoms with Crippen molar-refractivity contribution >= 4 is 35.6 Å². The third-order valence-electron chi connectivity index (χ3n) is 4.56. The van der Waals surface area contributed by atoms with E-state index in [1.807, 2.05) is 27.7 Å². The van der Waals surface area contributed by atoms with Gasteiger partial charge in [-0.25, -0.2) is 0 Å². The maximum absolute atomic E-state index is 12.7. The SMILES string of the molecule is CCCCOC(=O)C[C@@H](S[C@H](CC(=O)OCCCC)C(=O)OCCCC)C(=O)OCCCC. The van der Waals surface area contributed by atoms with Crippen LogP contribution >= 0.6 is 11.8 Å². The van der Waals surface area contributed by atoms with Gasteiger partial charge < -0.3 is 18.9 Å². The quantitative estimate of drug-likeness (QED) is 0.137. The van der Waals surface area contributed by atoms with Crippen molar-refractivity contribution < 1.29 is 38.1 Å². The summed E-state index contributed by atoms with van der Waals surface area (Å²) in [5.41, 5.74) is 0. The molecule has 8 nitrogen and oxygen atoms in total. The topological polar surface area (TPSA) is 105 Å². The van der Waals surface area contributed by atoms with Crippen LogP contribution in [-0.4, -0.2) is 60.8 Å². The van der Waals surface area contributed by atoms with Crippen LogP contribution in [0, 0.1) is 0 Å². The highest BCUT2D eigenvalue weighted by atomic mass is 32.2. The normalized spacial score (nSPS) is 12.5. The molecular weight excluding hydrogens is 448 g/mol.